The first-order valence-corrected chi connectivity index (χ1v) is 19.2. The van der Waals surface area contributed by atoms with E-state index in [1.807, 2.05) is 47.7 Å². The Kier molecular flexibility index (Phi) is 8.12. The van der Waals surface area contributed by atoms with E-state index in [0.717, 1.165) is 50.2 Å². The second-order valence-electron chi connectivity index (χ2n) is 13.7. The molecule has 0 saturated carbocycles. The van der Waals surface area contributed by atoms with E-state index in [2.05, 4.69) is 173 Å². The molecular formula is C50H34N4S. The molecule has 0 radical (unpaired) electrons. The highest BCUT2D eigenvalue weighted by Crippen LogP contribution is 2.43. The molecule has 1 aliphatic carbocycles. The van der Waals surface area contributed by atoms with E-state index in [-0.39, 0.29) is 0 Å². The van der Waals surface area contributed by atoms with Gasteiger partial charge in [-0.05, 0) is 105 Å². The number of fused-ring (bicyclic) bond motifs is 6. The third-order valence-electron chi connectivity index (χ3n) is 10.3. The van der Waals surface area contributed by atoms with Gasteiger partial charge in [-0.25, -0.2) is 0 Å². The van der Waals surface area contributed by atoms with Crippen molar-refractivity contribution in [3.8, 4) is 22.3 Å². The minimum absolute atomic E-state index is 0.390. The summed E-state index contributed by atoms with van der Waals surface area (Å²) in [5.74, 6) is 0. The third-order valence-corrected chi connectivity index (χ3v) is 11.5. The summed E-state index contributed by atoms with van der Waals surface area (Å²) in [6.45, 7) is 0. The summed E-state index contributed by atoms with van der Waals surface area (Å²) in [4.78, 5) is 2.35. The van der Waals surface area contributed by atoms with Crippen LogP contribution in [0, 0.1) is 5.41 Å². The molecule has 1 heterocycles. The zero-order valence-electron chi connectivity index (χ0n) is 29.8. The molecule has 0 spiro atoms. The van der Waals surface area contributed by atoms with Crippen LogP contribution in [0.5, 0.6) is 0 Å². The maximum absolute atomic E-state index is 9.41. The molecule has 0 bridgehead atoms. The highest BCUT2D eigenvalue weighted by Gasteiger charge is 2.22. The number of allylic oxidation sites excluding steroid dienone is 1. The first-order chi connectivity index (χ1) is 27.2. The van der Waals surface area contributed by atoms with Gasteiger partial charge in [0.05, 0.1) is 11.4 Å². The van der Waals surface area contributed by atoms with Crippen molar-refractivity contribution >= 4 is 82.5 Å². The van der Waals surface area contributed by atoms with Crippen molar-refractivity contribution in [1.29, 1.82) is 5.41 Å². The first-order valence-electron chi connectivity index (χ1n) is 18.4. The molecule has 0 aliphatic heterocycles. The van der Waals surface area contributed by atoms with Gasteiger partial charge in [0.2, 0.25) is 0 Å². The van der Waals surface area contributed by atoms with E-state index in [4.69, 9.17) is 0 Å². The van der Waals surface area contributed by atoms with Crippen LogP contribution in [0.3, 0.4) is 0 Å². The molecule has 0 unspecified atom stereocenters. The molecule has 8 aromatic carbocycles. The van der Waals surface area contributed by atoms with Crippen LogP contribution in [-0.4, -0.2) is 11.4 Å². The molecule has 5 heteroatoms. The minimum Gasteiger partial charge on any atom is -0.310 e. The monoisotopic (exact) mass is 722 g/mol. The Bertz CT molecular complexity index is 2980. The quantitative estimate of drug-likeness (QED) is 0.161. The van der Waals surface area contributed by atoms with Gasteiger partial charge < -0.3 is 4.90 Å². The van der Waals surface area contributed by atoms with Gasteiger partial charge in [0.1, 0.15) is 5.71 Å². The molecule has 0 saturated heterocycles. The molecule has 10 rings (SSSR count). The van der Waals surface area contributed by atoms with Gasteiger partial charge in [-0.1, -0.05) is 127 Å². The fourth-order valence-electron chi connectivity index (χ4n) is 7.71. The number of thiophene rings is 1. The van der Waals surface area contributed by atoms with Crippen LogP contribution in [0.15, 0.2) is 193 Å². The average Bonchev–Trinajstić information content (AvgIpc) is 3.62. The average molecular weight is 723 g/mol. The molecule has 9 aromatic rings. The Morgan fingerprint density at radius 2 is 1.13 bits per heavy atom. The van der Waals surface area contributed by atoms with Gasteiger partial charge in [-0.3, -0.25) is 10.8 Å². The first kappa shape index (κ1) is 32.6. The maximum Gasteiger partial charge on any atom is 0.109 e. The lowest BCUT2D eigenvalue weighted by Crippen LogP contribution is -2.19. The number of hydrogen-bond donors (Lipinski definition) is 2. The second-order valence-corrected chi connectivity index (χ2v) is 14.8. The smallest absolute Gasteiger partial charge is 0.109 e. The van der Waals surface area contributed by atoms with Crippen molar-refractivity contribution in [2.24, 2.45) is 5.10 Å². The summed E-state index contributed by atoms with van der Waals surface area (Å²) in [5, 5.41) is 18.7. The highest BCUT2D eigenvalue weighted by molar-refractivity contribution is 7.25. The van der Waals surface area contributed by atoms with Crippen LogP contribution < -0.4 is 10.3 Å². The topological polar surface area (TPSA) is 51.5 Å². The van der Waals surface area contributed by atoms with E-state index in [1.165, 1.54) is 36.9 Å². The molecule has 1 aliphatic rings. The molecule has 4 nitrogen and oxygen atoms in total. The predicted molar refractivity (Wildman–Crippen MR) is 236 cm³/mol. The zero-order chi connectivity index (χ0) is 36.7. The van der Waals surface area contributed by atoms with Gasteiger partial charge in [-0.2, -0.15) is 5.10 Å². The molecule has 260 valence electrons. The maximum atomic E-state index is 9.41. The summed E-state index contributed by atoms with van der Waals surface area (Å²) in [6, 6.07) is 64.3. The SMILES string of the molecule is N=C1/C(=N\Nc2ccccc2)C=Cc2ccc3ccc(N(c4cccc(-c5ccccc5-c5ccccc5)c4)c4ccc5sc6ccccc6c5c4)cc3c21. The number of nitrogens with zero attached hydrogens (tertiary/aromatic N) is 2. The van der Waals surface area contributed by atoms with E-state index >= 15 is 0 Å². The third kappa shape index (κ3) is 5.97. The Labute approximate surface area is 323 Å². The number of rotatable bonds is 7. The van der Waals surface area contributed by atoms with E-state index in [0.29, 0.717) is 11.4 Å². The van der Waals surface area contributed by atoms with Crippen molar-refractivity contribution in [3.63, 3.8) is 0 Å². The van der Waals surface area contributed by atoms with Crippen LogP contribution in [-0.2, 0) is 0 Å². The van der Waals surface area contributed by atoms with Crippen molar-refractivity contribution in [3.05, 3.63) is 199 Å². The molecule has 2 N–H and O–H groups in total. The van der Waals surface area contributed by atoms with Crippen molar-refractivity contribution in [1.82, 2.24) is 0 Å². The van der Waals surface area contributed by atoms with Crippen LogP contribution in [0.4, 0.5) is 22.7 Å². The van der Waals surface area contributed by atoms with E-state index in [1.54, 1.807) is 0 Å². The van der Waals surface area contributed by atoms with Gasteiger partial charge >= 0.3 is 0 Å². The number of benzene rings is 8. The Balaban J connectivity index is 1.14. The van der Waals surface area contributed by atoms with Gasteiger partial charge in [-0.15, -0.1) is 11.3 Å². The lowest BCUT2D eigenvalue weighted by molar-refractivity contribution is 1.29. The molecule has 0 fully saturated rings. The highest BCUT2D eigenvalue weighted by atomic mass is 32.1. The summed E-state index contributed by atoms with van der Waals surface area (Å²) < 4.78 is 2.54. The molecule has 55 heavy (non-hydrogen) atoms. The number of hydrogen-bond acceptors (Lipinski definition) is 5. The standard InChI is InChI=1S/C50H34N4S/c51-50-46(53-52-37-15-5-2-6-16-37)28-25-35-23-22-34-24-26-39(31-44(34)49(35)50)54(40-27-29-48-45(32-40)43-20-9-10-21-47(43)55-48)38-17-11-14-36(30-38)42-19-8-7-18-41(42)33-12-3-1-4-13-33/h1-32,51-52H/b51-50?,53-46-. The number of anilines is 4. The number of nitrogens with one attached hydrogen (secondary N) is 2. The van der Waals surface area contributed by atoms with Gasteiger partial charge in [0.15, 0.2) is 0 Å². The second kappa shape index (κ2) is 13.7. The van der Waals surface area contributed by atoms with Gasteiger partial charge in [0.25, 0.3) is 0 Å². The van der Waals surface area contributed by atoms with Crippen molar-refractivity contribution in [2.45, 2.75) is 0 Å². The number of hydrazone groups is 1. The fraction of sp³-hybridized carbons (Fsp3) is 0. The van der Waals surface area contributed by atoms with Crippen molar-refractivity contribution < 1.29 is 0 Å². The Hall–Kier alpha value is -7.08. The zero-order valence-corrected chi connectivity index (χ0v) is 30.6. The summed E-state index contributed by atoms with van der Waals surface area (Å²) >= 11 is 1.83. The lowest BCUT2D eigenvalue weighted by atomic mass is 9.89. The lowest BCUT2D eigenvalue weighted by Gasteiger charge is -2.27. The van der Waals surface area contributed by atoms with E-state index in [9.17, 15) is 5.41 Å². The van der Waals surface area contributed by atoms with Crippen LogP contribution in [0.2, 0.25) is 0 Å². The fourth-order valence-corrected chi connectivity index (χ4v) is 8.80. The van der Waals surface area contributed by atoms with Crippen LogP contribution in [0.25, 0.3) is 59.3 Å². The van der Waals surface area contributed by atoms with Crippen molar-refractivity contribution in [2.75, 3.05) is 10.3 Å². The van der Waals surface area contributed by atoms with Gasteiger partial charge in [0, 0.05) is 42.8 Å². The Morgan fingerprint density at radius 1 is 0.491 bits per heavy atom. The molecule has 1 aromatic heterocycles. The summed E-state index contributed by atoms with van der Waals surface area (Å²) in [7, 11) is 0. The largest absolute Gasteiger partial charge is 0.310 e. The number of para-hydroxylation sites is 1. The van der Waals surface area contributed by atoms with Crippen LogP contribution in [0.1, 0.15) is 11.1 Å². The summed E-state index contributed by atoms with van der Waals surface area (Å²) in [5.41, 5.74) is 14.7. The molecule has 0 atom stereocenters. The normalized spacial score (nSPS) is 13.1. The summed E-state index contributed by atoms with van der Waals surface area (Å²) in [6.07, 6.45) is 3.98. The Morgan fingerprint density at radius 3 is 1.96 bits per heavy atom. The minimum atomic E-state index is 0.390. The van der Waals surface area contributed by atoms with E-state index < -0.39 is 0 Å². The predicted octanol–water partition coefficient (Wildman–Crippen LogP) is 13.9. The molecular weight excluding hydrogens is 689 g/mol. The van der Waals surface area contributed by atoms with Crippen LogP contribution >= 0.6 is 11.3 Å². The molecule has 0 amide bonds.